The molecule has 90 valence electrons. The maximum Gasteiger partial charge on any atom is 0.218 e. The van der Waals surface area contributed by atoms with Crippen molar-refractivity contribution in [1.29, 1.82) is 0 Å². The Balaban J connectivity index is 1.97. The van der Waals surface area contributed by atoms with Crippen molar-refractivity contribution in [1.82, 2.24) is 10.3 Å². The predicted octanol–water partition coefficient (Wildman–Crippen LogP) is 1.65. The highest BCUT2D eigenvalue weighted by molar-refractivity contribution is 7.18. The number of nitrogens with one attached hydrogen (secondary N) is 1. The number of nitrogens with two attached hydrogens (primary N) is 1. The third kappa shape index (κ3) is 3.25. The van der Waals surface area contributed by atoms with Gasteiger partial charge in [0.25, 0.3) is 0 Å². The first kappa shape index (κ1) is 12.0. The molecule has 0 spiro atoms. The fraction of sp³-hybridized carbons (Fsp3) is 0.333. The summed E-state index contributed by atoms with van der Waals surface area (Å²) in [5, 5.41) is 4.27. The van der Waals surface area contributed by atoms with Crippen molar-refractivity contribution in [2.24, 2.45) is 5.73 Å². The second-order valence-corrected chi connectivity index (χ2v) is 5.14. The van der Waals surface area contributed by atoms with Crippen molar-refractivity contribution < 1.29 is 4.79 Å². The molecule has 1 amide bonds. The lowest BCUT2D eigenvalue weighted by molar-refractivity contribution is -0.118. The Hall–Kier alpha value is -1.46. The van der Waals surface area contributed by atoms with Crippen molar-refractivity contribution in [3.05, 3.63) is 29.3 Å². The summed E-state index contributed by atoms with van der Waals surface area (Å²) >= 11 is 1.67. The zero-order valence-electron chi connectivity index (χ0n) is 9.64. The van der Waals surface area contributed by atoms with Crippen molar-refractivity contribution in [3.8, 4) is 0 Å². The Kier molecular flexibility index (Phi) is 3.71. The number of primary amides is 1. The third-order valence-electron chi connectivity index (χ3n) is 2.45. The van der Waals surface area contributed by atoms with E-state index in [1.165, 1.54) is 4.70 Å². The van der Waals surface area contributed by atoms with Gasteiger partial charge in [-0.2, -0.15) is 0 Å². The molecular weight excluding hydrogens is 234 g/mol. The molecule has 0 bridgehead atoms. The molecule has 2 rings (SSSR count). The lowest BCUT2D eigenvalue weighted by Gasteiger charge is -2.09. The van der Waals surface area contributed by atoms with E-state index in [4.69, 9.17) is 5.73 Å². The summed E-state index contributed by atoms with van der Waals surface area (Å²) in [6.45, 7) is 2.62. The molecule has 3 N–H and O–H groups in total. The van der Waals surface area contributed by atoms with Gasteiger partial charge in [-0.1, -0.05) is 12.1 Å². The zero-order chi connectivity index (χ0) is 12.3. The van der Waals surface area contributed by atoms with Crippen LogP contribution in [0.3, 0.4) is 0 Å². The zero-order valence-corrected chi connectivity index (χ0v) is 10.5. The number of nitrogens with zero attached hydrogens (tertiary/aromatic N) is 1. The molecule has 0 saturated heterocycles. The summed E-state index contributed by atoms with van der Waals surface area (Å²) < 4.78 is 1.19. The minimum Gasteiger partial charge on any atom is -0.370 e. The highest BCUT2D eigenvalue weighted by atomic mass is 32.1. The van der Waals surface area contributed by atoms with Gasteiger partial charge < -0.3 is 11.1 Å². The average molecular weight is 249 g/mol. The van der Waals surface area contributed by atoms with E-state index in [1.54, 1.807) is 11.3 Å². The molecule has 1 aromatic heterocycles. The molecule has 0 fully saturated rings. The number of aromatic nitrogens is 1. The summed E-state index contributed by atoms with van der Waals surface area (Å²) in [5.74, 6) is -0.283. The summed E-state index contributed by atoms with van der Waals surface area (Å²) in [7, 11) is 0. The number of hydrogen-bond donors (Lipinski definition) is 2. The molecule has 1 atom stereocenters. The van der Waals surface area contributed by atoms with Gasteiger partial charge in [-0.25, -0.2) is 4.98 Å². The van der Waals surface area contributed by atoms with E-state index in [9.17, 15) is 4.79 Å². The van der Waals surface area contributed by atoms with Gasteiger partial charge in [0.2, 0.25) is 5.91 Å². The van der Waals surface area contributed by atoms with Gasteiger partial charge in [0.1, 0.15) is 5.01 Å². The summed E-state index contributed by atoms with van der Waals surface area (Å²) in [6, 6.07) is 8.13. The van der Waals surface area contributed by atoms with Gasteiger partial charge in [0.15, 0.2) is 0 Å². The first-order valence-electron chi connectivity index (χ1n) is 5.51. The number of rotatable bonds is 5. The molecule has 0 radical (unpaired) electrons. The number of carbonyl (C=O) groups excluding carboxylic acids is 1. The van der Waals surface area contributed by atoms with Crippen LogP contribution < -0.4 is 11.1 Å². The molecule has 0 aliphatic heterocycles. The van der Waals surface area contributed by atoms with E-state index < -0.39 is 0 Å². The molecule has 0 saturated carbocycles. The van der Waals surface area contributed by atoms with Crippen molar-refractivity contribution in [2.75, 3.05) is 0 Å². The molecule has 0 aliphatic rings. The van der Waals surface area contributed by atoms with Gasteiger partial charge >= 0.3 is 0 Å². The van der Waals surface area contributed by atoms with Gasteiger partial charge in [0, 0.05) is 19.0 Å². The largest absolute Gasteiger partial charge is 0.370 e. The number of para-hydroxylation sites is 1. The van der Waals surface area contributed by atoms with Crippen LogP contribution in [0, 0.1) is 0 Å². The van der Waals surface area contributed by atoms with Crippen LogP contribution in [0.5, 0.6) is 0 Å². The Morgan fingerprint density at radius 1 is 1.53 bits per heavy atom. The van der Waals surface area contributed by atoms with Crippen LogP contribution in [-0.2, 0) is 11.3 Å². The number of carbonyl (C=O) groups is 1. The first-order chi connectivity index (χ1) is 8.15. The molecule has 5 heteroatoms. The molecule has 2 aromatic rings. The van der Waals surface area contributed by atoms with Crippen LogP contribution >= 0.6 is 11.3 Å². The molecule has 1 heterocycles. The van der Waals surface area contributed by atoms with Crippen molar-refractivity contribution in [3.63, 3.8) is 0 Å². The van der Waals surface area contributed by atoms with Crippen LogP contribution in [0.15, 0.2) is 24.3 Å². The van der Waals surface area contributed by atoms with Crippen LogP contribution in [0.4, 0.5) is 0 Å². The van der Waals surface area contributed by atoms with E-state index in [-0.39, 0.29) is 11.9 Å². The molecule has 1 unspecified atom stereocenters. The lowest BCUT2D eigenvalue weighted by Crippen LogP contribution is -2.30. The predicted molar refractivity (Wildman–Crippen MR) is 69.7 cm³/mol. The SMILES string of the molecule is CC(CC(N)=O)NCc1nc2ccccc2s1. The maximum absolute atomic E-state index is 10.7. The van der Waals surface area contributed by atoms with Crippen molar-refractivity contribution in [2.45, 2.75) is 25.9 Å². The number of benzene rings is 1. The second-order valence-electron chi connectivity index (χ2n) is 4.03. The highest BCUT2D eigenvalue weighted by Crippen LogP contribution is 2.21. The number of hydrogen-bond acceptors (Lipinski definition) is 4. The topological polar surface area (TPSA) is 68.0 Å². The summed E-state index contributed by atoms with van der Waals surface area (Å²) in [6.07, 6.45) is 0.352. The monoisotopic (exact) mass is 249 g/mol. The highest BCUT2D eigenvalue weighted by Gasteiger charge is 2.07. The molecule has 4 nitrogen and oxygen atoms in total. The van der Waals surface area contributed by atoms with Gasteiger partial charge in [-0.05, 0) is 19.1 Å². The Bertz CT molecular complexity index is 490. The minimum atomic E-state index is -0.283. The normalized spacial score (nSPS) is 12.8. The Morgan fingerprint density at radius 3 is 3.00 bits per heavy atom. The second kappa shape index (κ2) is 5.25. The van der Waals surface area contributed by atoms with E-state index in [1.807, 2.05) is 25.1 Å². The smallest absolute Gasteiger partial charge is 0.218 e. The number of fused-ring (bicyclic) bond motifs is 1. The average Bonchev–Trinajstić information content (AvgIpc) is 2.68. The van der Waals surface area contributed by atoms with Crippen LogP contribution in [-0.4, -0.2) is 16.9 Å². The molecular formula is C12H15N3OS. The van der Waals surface area contributed by atoms with E-state index in [0.29, 0.717) is 13.0 Å². The molecule has 0 aliphatic carbocycles. The fourth-order valence-electron chi connectivity index (χ4n) is 1.63. The van der Waals surface area contributed by atoms with Crippen molar-refractivity contribution >= 4 is 27.5 Å². The van der Waals surface area contributed by atoms with Gasteiger partial charge in [0.05, 0.1) is 10.2 Å². The summed E-state index contributed by atoms with van der Waals surface area (Å²) in [5.41, 5.74) is 6.16. The van der Waals surface area contributed by atoms with Crippen LogP contribution in [0.2, 0.25) is 0 Å². The molecule has 1 aromatic carbocycles. The maximum atomic E-state index is 10.7. The Morgan fingerprint density at radius 2 is 2.29 bits per heavy atom. The lowest BCUT2D eigenvalue weighted by atomic mass is 10.2. The number of thiazole rings is 1. The van der Waals surface area contributed by atoms with Gasteiger partial charge in [-0.3, -0.25) is 4.79 Å². The van der Waals surface area contributed by atoms with E-state index >= 15 is 0 Å². The third-order valence-corrected chi connectivity index (χ3v) is 3.48. The molecule has 17 heavy (non-hydrogen) atoms. The number of amides is 1. The van der Waals surface area contributed by atoms with Gasteiger partial charge in [-0.15, -0.1) is 11.3 Å². The fourth-order valence-corrected chi connectivity index (χ4v) is 2.55. The standard InChI is InChI=1S/C12H15N3OS/c1-8(6-11(13)16)14-7-12-15-9-4-2-3-5-10(9)17-12/h2-5,8,14H,6-7H2,1H3,(H2,13,16). The Labute approximate surface area is 104 Å². The first-order valence-corrected chi connectivity index (χ1v) is 6.33. The summed E-state index contributed by atoms with van der Waals surface area (Å²) in [4.78, 5) is 15.2. The quantitative estimate of drug-likeness (QED) is 0.846. The van der Waals surface area contributed by atoms with Crippen LogP contribution in [0.1, 0.15) is 18.4 Å². The van der Waals surface area contributed by atoms with E-state index in [0.717, 1.165) is 10.5 Å². The van der Waals surface area contributed by atoms with E-state index in [2.05, 4.69) is 16.4 Å². The van der Waals surface area contributed by atoms with Crippen LogP contribution in [0.25, 0.3) is 10.2 Å². The minimum absolute atomic E-state index is 0.0829.